The van der Waals surface area contributed by atoms with E-state index in [1.54, 1.807) is 0 Å². The van der Waals surface area contributed by atoms with Crippen LogP contribution in [0.1, 0.15) is 45.1 Å². The summed E-state index contributed by atoms with van der Waals surface area (Å²) in [6, 6.07) is 10.5. The Hall–Kier alpha value is -1.45. The van der Waals surface area contributed by atoms with Crippen molar-refractivity contribution in [3.8, 4) is 0 Å². The highest BCUT2D eigenvalue weighted by Gasteiger charge is 2.65. The Morgan fingerprint density at radius 1 is 1.20 bits per heavy atom. The van der Waals surface area contributed by atoms with Crippen molar-refractivity contribution in [2.24, 2.45) is 17.3 Å². The molecule has 2 saturated carbocycles. The second kappa shape index (κ2) is 5.78. The molecule has 2 aliphatic carbocycles. The summed E-state index contributed by atoms with van der Waals surface area (Å²) in [5, 5.41) is 0. The molecule has 3 nitrogen and oxygen atoms in total. The Balaban J connectivity index is 1.74. The third-order valence-corrected chi connectivity index (χ3v) is 6.47. The van der Waals surface area contributed by atoms with Crippen molar-refractivity contribution in [3.05, 3.63) is 48.6 Å². The number of hydrogen-bond acceptors (Lipinski definition) is 3. The van der Waals surface area contributed by atoms with E-state index in [-0.39, 0.29) is 22.7 Å². The SMILES string of the molecule is C=CCC1C(=O)C[C@H]2CC3(C[C@@]12c1ccccc1)OCC(C)(C)CO3. The zero-order valence-corrected chi connectivity index (χ0v) is 15.3. The Morgan fingerprint density at radius 2 is 1.88 bits per heavy atom. The molecule has 1 aliphatic heterocycles. The number of ketones is 1. The van der Waals surface area contributed by atoms with Crippen LogP contribution in [0.3, 0.4) is 0 Å². The molecule has 3 heteroatoms. The van der Waals surface area contributed by atoms with E-state index in [2.05, 4.69) is 44.7 Å². The Bertz CT molecular complexity index is 668. The normalized spacial score (nSPS) is 35.7. The van der Waals surface area contributed by atoms with Crippen molar-refractivity contribution >= 4 is 5.78 Å². The Morgan fingerprint density at radius 3 is 2.52 bits per heavy atom. The van der Waals surface area contributed by atoms with E-state index in [9.17, 15) is 4.79 Å². The lowest BCUT2D eigenvalue weighted by atomic mass is 9.67. The van der Waals surface area contributed by atoms with Gasteiger partial charge in [0.05, 0.1) is 13.2 Å². The van der Waals surface area contributed by atoms with Gasteiger partial charge in [0.15, 0.2) is 5.79 Å². The molecule has 0 radical (unpaired) electrons. The van der Waals surface area contributed by atoms with Crippen LogP contribution >= 0.6 is 0 Å². The van der Waals surface area contributed by atoms with Gasteiger partial charge in [-0.1, -0.05) is 50.3 Å². The van der Waals surface area contributed by atoms with Crippen molar-refractivity contribution in [2.45, 2.75) is 50.7 Å². The summed E-state index contributed by atoms with van der Waals surface area (Å²) in [5.41, 5.74) is 1.12. The topological polar surface area (TPSA) is 35.5 Å². The molecular weight excluding hydrogens is 312 g/mol. The summed E-state index contributed by atoms with van der Waals surface area (Å²) in [6.07, 6.45) is 4.84. The summed E-state index contributed by atoms with van der Waals surface area (Å²) in [5.74, 6) is 0.114. The highest BCUT2D eigenvalue weighted by Crippen LogP contribution is 2.63. The van der Waals surface area contributed by atoms with Gasteiger partial charge in [-0.2, -0.15) is 0 Å². The van der Waals surface area contributed by atoms with Crippen LogP contribution in [0.4, 0.5) is 0 Å². The molecule has 0 N–H and O–H groups in total. The number of rotatable bonds is 3. The molecule has 3 atom stereocenters. The lowest BCUT2D eigenvalue weighted by molar-refractivity contribution is -0.298. The van der Waals surface area contributed by atoms with Gasteiger partial charge in [-0.3, -0.25) is 4.79 Å². The van der Waals surface area contributed by atoms with Gasteiger partial charge in [0.1, 0.15) is 5.78 Å². The number of ether oxygens (including phenoxy) is 2. The minimum Gasteiger partial charge on any atom is -0.349 e. The number of benzene rings is 1. The molecule has 3 aliphatic rings. The molecule has 0 aromatic heterocycles. The number of allylic oxidation sites excluding steroid dienone is 1. The van der Waals surface area contributed by atoms with Crippen molar-refractivity contribution in [2.75, 3.05) is 13.2 Å². The van der Waals surface area contributed by atoms with Gasteiger partial charge >= 0.3 is 0 Å². The predicted molar refractivity (Wildman–Crippen MR) is 97.2 cm³/mol. The van der Waals surface area contributed by atoms with Crippen molar-refractivity contribution in [1.29, 1.82) is 0 Å². The molecular formula is C22H28O3. The van der Waals surface area contributed by atoms with Gasteiger partial charge in [0.2, 0.25) is 0 Å². The number of carbonyl (C=O) groups excluding carboxylic acids is 1. The monoisotopic (exact) mass is 340 g/mol. The highest BCUT2D eigenvalue weighted by molar-refractivity contribution is 5.87. The molecule has 0 bridgehead atoms. The maximum atomic E-state index is 12.8. The first-order chi connectivity index (χ1) is 11.9. The van der Waals surface area contributed by atoms with E-state index in [1.165, 1.54) is 5.56 Å². The number of Topliss-reactive ketones (excluding diaryl/α,β-unsaturated/α-hetero) is 1. The first-order valence-electron chi connectivity index (χ1n) is 9.38. The van der Waals surface area contributed by atoms with Gasteiger partial charge < -0.3 is 9.47 Å². The molecule has 1 spiro atoms. The lowest BCUT2D eigenvalue weighted by Gasteiger charge is -2.43. The van der Waals surface area contributed by atoms with Crippen LogP contribution in [-0.2, 0) is 19.7 Å². The quantitative estimate of drug-likeness (QED) is 0.771. The summed E-state index contributed by atoms with van der Waals surface area (Å²) in [6.45, 7) is 9.68. The third-order valence-electron chi connectivity index (χ3n) is 6.47. The summed E-state index contributed by atoms with van der Waals surface area (Å²) in [4.78, 5) is 12.8. The van der Waals surface area contributed by atoms with Crippen LogP contribution in [0.15, 0.2) is 43.0 Å². The van der Waals surface area contributed by atoms with E-state index >= 15 is 0 Å². The van der Waals surface area contributed by atoms with Gasteiger partial charge in [-0.15, -0.1) is 6.58 Å². The van der Waals surface area contributed by atoms with Gasteiger partial charge in [0, 0.05) is 36.0 Å². The Kier molecular flexibility index (Phi) is 3.93. The smallest absolute Gasteiger partial charge is 0.169 e. The minimum absolute atomic E-state index is 0.0149. The maximum absolute atomic E-state index is 12.8. The van der Waals surface area contributed by atoms with Gasteiger partial charge in [0.25, 0.3) is 0 Å². The first kappa shape index (κ1) is 17.0. The van der Waals surface area contributed by atoms with Crippen molar-refractivity contribution in [1.82, 2.24) is 0 Å². The molecule has 0 amide bonds. The van der Waals surface area contributed by atoms with E-state index in [4.69, 9.17) is 9.47 Å². The summed E-state index contributed by atoms with van der Waals surface area (Å²) >= 11 is 0. The van der Waals surface area contributed by atoms with Crippen LogP contribution in [0, 0.1) is 17.3 Å². The second-order valence-corrected chi connectivity index (χ2v) is 8.88. The molecule has 1 unspecified atom stereocenters. The minimum atomic E-state index is -0.532. The predicted octanol–water partition coefficient (Wildman–Crippen LogP) is 4.27. The van der Waals surface area contributed by atoms with Crippen LogP contribution in [0.2, 0.25) is 0 Å². The molecule has 1 saturated heterocycles. The van der Waals surface area contributed by atoms with E-state index < -0.39 is 5.79 Å². The second-order valence-electron chi connectivity index (χ2n) is 8.88. The maximum Gasteiger partial charge on any atom is 0.169 e. The summed E-state index contributed by atoms with van der Waals surface area (Å²) < 4.78 is 12.7. The van der Waals surface area contributed by atoms with Gasteiger partial charge in [-0.05, 0) is 17.9 Å². The van der Waals surface area contributed by atoms with Crippen LogP contribution in [-0.4, -0.2) is 24.8 Å². The lowest BCUT2D eigenvalue weighted by Crippen LogP contribution is -2.48. The van der Waals surface area contributed by atoms with E-state index in [0.717, 1.165) is 19.3 Å². The number of hydrogen-bond donors (Lipinski definition) is 0. The Labute approximate surface area is 150 Å². The molecule has 1 heterocycles. The molecule has 3 fully saturated rings. The average Bonchev–Trinajstić information content (AvgIpc) is 3.04. The largest absolute Gasteiger partial charge is 0.349 e. The van der Waals surface area contributed by atoms with Crippen LogP contribution in [0.5, 0.6) is 0 Å². The highest BCUT2D eigenvalue weighted by atomic mass is 16.7. The molecule has 4 rings (SSSR count). The van der Waals surface area contributed by atoms with E-state index in [1.807, 2.05) is 12.1 Å². The zero-order valence-electron chi connectivity index (χ0n) is 15.3. The molecule has 25 heavy (non-hydrogen) atoms. The number of fused-ring (bicyclic) bond motifs is 1. The van der Waals surface area contributed by atoms with E-state index in [0.29, 0.717) is 25.4 Å². The average molecular weight is 340 g/mol. The van der Waals surface area contributed by atoms with Crippen LogP contribution in [0.25, 0.3) is 0 Å². The fourth-order valence-electron chi connectivity index (χ4n) is 5.31. The fraction of sp³-hybridized carbons (Fsp3) is 0.591. The standard InChI is InChI=1S/C22H28O3/c1-4-8-18-19(23)11-17-12-21(24-14-20(2,3)15-25-21)13-22(17,18)16-9-6-5-7-10-16/h4-7,9-10,17-18H,1,8,11-15H2,2-3H3/t17-,18?,22-/m0/s1. The number of carbonyl (C=O) groups is 1. The first-order valence-corrected chi connectivity index (χ1v) is 9.38. The van der Waals surface area contributed by atoms with Crippen molar-refractivity contribution in [3.63, 3.8) is 0 Å². The fourth-order valence-corrected chi connectivity index (χ4v) is 5.31. The molecule has 1 aromatic carbocycles. The molecule has 1 aromatic rings. The van der Waals surface area contributed by atoms with Crippen molar-refractivity contribution < 1.29 is 14.3 Å². The zero-order chi connectivity index (χ0) is 17.7. The third kappa shape index (κ3) is 2.60. The molecule has 134 valence electrons. The van der Waals surface area contributed by atoms with Crippen LogP contribution < -0.4 is 0 Å². The van der Waals surface area contributed by atoms with Gasteiger partial charge in [-0.25, -0.2) is 0 Å². The summed E-state index contributed by atoms with van der Waals surface area (Å²) in [7, 11) is 0.